The molecule has 5 heteroatoms. The third kappa shape index (κ3) is 1.22. The van der Waals surface area contributed by atoms with Gasteiger partial charge in [-0.3, -0.25) is 4.79 Å². The summed E-state index contributed by atoms with van der Waals surface area (Å²) in [4.78, 5) is 25.5. The van der Waals surface area contributed by atoms with Crippen LogP contribution in [0.4, 0.5) is 0 Å². The van der Waals surface area contributed by atoms with Gasteiger partial charge in [-0.05, 0) is 0 Å². The molecule has 0 saturated heterocycles. The van der Waals surface area contributed by atoms with Gasteiger partial charge >= 0.3 is 5.97 Å². The zero-order valence-electron chi connectivity index (χ0n) is 6.86. The summed E-state index contributed by atoms with van der Waals surface area (Å²) < 4.78 is 1.73. The van der Waals surface area contributed by atoms with Gasteiger partial charge in [-0.2, -0.15) is 0 Å². The molecular formula is C8H8N2O3. The molecule has 1 aromatic heterocycles. The van der Waals surface area contributed by atoms with Gasteiger partial charge in [0.1, 0.15) is 5.78 Å². The van der Waals surface area contributed by atoms with Crippen LogP contribution in [0, 0.1) is 0 Å². The lowest BCUT2D eigenvalue weighted by Gasteiger charge is -2.12. The number of aryl methyl sites for hydroxylation is 1. The van der Waals surface area contributed by atoms with E-state index in [1.165, 1.54) is 6.33 Å². The van der Waals surface area contributed by atoms with Crippen LogP contribution in [0.25, 0.3) is 0 Å². The molecule has 0 fully saturated rings. The second-order valence-corrected chi connectivity index (χ2v) is 3.00. The van der Waals surface area contributed by atoms with Crippen LogP contribution in [0.5, 0.6) is 0 Å². The van der Waals surface area contributed by atoms with Crippen LogP contribution in [0.1, 0.15) is 22.6 Å². The molecule has 0 unspecified atom stereocenters. The average molecular weight is 180 g/mol. The van der Waals surface area contributed by atoms with Crippen molar-refractivity contribution in [1.29, 1.82) is 0 Å². The summed E-state index contributed by atoms with van der Waals surface area (Å²) >= 11 is 0. The molecule has 2 heterocycles. The fourth-order valence-electron chi connectivity index (χ4n) is 1.48. The van der Waals surface area contributed by atoms with Crippen molar-refractivity contribution in [2.45, 2.75) is 19.4 Å². The second-order valence-electron chi connectivity index (χ2n) is 3.00. The molecule has 0 radical (unpaired) electrons. The number of aromatic nitrogens is 2. The smallest absolute Gasteiger partial charge is 0.356 e. The van der Waals surface area contributed by atoms with Crippen molar-refractivity contribution < 1.29 is 14.7 Å². The minimum absolute atomic E-state index is 0.00745. The highest BCUT2D eigenvalue weighted by atomic mass is 16.4. The van der Waals surface area contributed by atoms with Crippen molar-refractivity contribution in [1.82, 2.24) is 9.55 Å². The Morgan fingerprint density at radius 2 is 2.38 bits per heavy atom. The number of imidazole rings is 1. The van der Waals surface area contributed by atoms with Gasteiger partial charge in [0.25, 0.3) is 0 Å². The number of carbonyl (C=O) groups is 2. The first-order valence-corrected chi connectivity index (χ1v) is 3.97. The summed E-state index contributed by atoms with van der Waals surface area (Å²) in [5, 5.41) is 8.73. The number of hydrogen-bond acceptors (Lipinski definition) is 3. The Hall–Kier alpha value is -1.65. The lowest BCUT2D eigenvalue weighted by molar-refractivity contribution is -0.119. The molecule has 13 heavy (non-hydrogen) atoms. The van der Waals surface area contributed by atoms with Gasteiger partial charge in [-0.15, -0.1) is 0 Å². The number of fused-ring (bicyclic) bond motifs is 1. The van der Waals surface area contributed by atoms with Gasteiger partial charge in [0.05, 0.1) is 12.0 Å². The quantitative estimate of drug-likeness (QED) is 0.665. The van der Waals surface area contributed by atoms with Crippen molar-refractivity contribution in [3.8, 4) is 0 Å². The topological polar surface area (TPSA) is 72.2 Å². The zero-order valence-corrected chi connectivity index (χ0v) is 6.86. The normalized spacial score (nSPS) is 15.5. The standard InChI is InChI=1S/C8H8N2O3/c11-5-1-2-10-4-9-7(8(12)13)6(10)3-5/h4H,1-3H2,(H,12,13). The predicted molar refractivity (Wildman–Crippen MR) is 42.5 cm³/mol. The van der Waals surface area contributed by atoms with Crippen LogP contribution < -0.4 is 0 Å². The third-order valence-electron chi connectivity index (χ3n) is 2.14. The number of carboxylic acid groups (broad SMARTS) is 1. The third-order valence-corrected chi connectivity index (χ3v) is 2.14. The van der Waals surface area contributed by atoms with Gasteiger partial charge in [0.15, 0.2) is 5.69 Å². The Morgan fingerprint density at radius 3 is 3.08 bits per heavy atom. The summed E-state index contributed by atoms with van der Waals surface area (Å²) in [6.45, 7) is 0.550. The first kappa shape index (κ1) is 7.97. The first-order chi connectivity index (χ1) is 6.18. The van der Waals surface area contributed by atoms with Crippen LogP contribution in [0.15, 0.2) is 6.33 Å². The van der Waals surface area contributed by atoms with Crippen LogP contribution in [-0.2, 0) is 17.8 Å². The predicted octanol–water partition coefficient (Wildman–Crippen LogP) is 0.0966. The number of Topliss-reactive ketones (excluding diaryl/α,β-unsaturated/α-hetero) is 1. The number of rotatable bonds is 1. The molecule has 1 aromatic rings. The highest BCUT2D eigenvalue weighted by molar-refractivity contribution is 5.90. The maximum Gasteiger partial charge on any atom is 0.356 e. The highest BCUT2D eigenvalue weighted by Gasteiger charge is 2.22. The lowest BCUT2D eigenvalue weighted by Crippen LogP contribution is -2.19. The minimum Gasteiger partial charge on any atom is -0.476 e. The first-order valence-electron chi connectivity index (χ1n) is 3.97. The van der Waals surface area contributed by atoms with Crippen LogP contribution in [-0.4, -0.2) is 26.4 Å². The van der Waals surface area contributed by atoms with Crippen molar-refractivity contribution in [3.63, 3.8) is 0 Å². The fraction of sp³-hybridized carbons (Fsp3) is 0.375. The Morgan fingerprint density at radius 1 is 1.62 bits per heavy atom. The van der Waals surface area contributed by atoms with Gasteiger partial charge in [0.2, 0.25) is 0 Å². The van der Waals surface area contributed by atoms with E-state index >= 15 is 0 Å². The number of carbonyl (C=O) groups excluding carboxylic acids is 1. The van der Waals surface area contributed by atoms with E-state index in [0.29, 0.717) is 18.7 Å². The lowest BCUT2D eigenvalue weighted by atomic mass is 10.1. The molecule has 1 aliphatic rings. The summed E-state index contributed by atoms with van der Waals surface area (Å²) in [5.74, 6) is -0.987. The molecule has 0 saturated carbocycles. The van der Waals surface area contributed by atoms with Crippen molar-refractivity contribution >= 4 is 11.8 Å². The molecule has 5 nitrogen and oxygen atoms in total. The Labute approximate surface area is 74.0 Å². The molecular weight excluding hydrogens is 172 g/mol. The zero-order chi connectivity index (χ0) is 9.42. The summed E-state index contributed by atoms with van der Waals surface area (Å²) in [6.07, 6.45) is 2.15. The van der Waals surface area contributed by atoms with Gasteiger partial charge in [0, 0.05) is 19.4 Å². The molecule has 1 N–H and O–H groups in total. The fourth-order valence-corrected chi connectivity index (χ4v) is 1.48. The SMILES string of the molecule is O=C1CCn2cnc(C(=O)O)c2C1. The summed E-state index contributed by atoms with van der Waals surface area (Å²) in [6, 6.07) is 0. The van der Waals surface area contributed by atoms with E-state index in [1.54, 1.807) is 4.57 Å². The summed E-state index contributed by atoms with van der Waals surface area (Å²) in [7, 11) is 0. The average Bonchev–Trinajstić information content (AvgIpc) is 2.46. The van der Waals surface area contributed by atoms with E-state index in [4.69, 9.17) is 5.11 Å². The van der Waals surface area contributed by atoms with E-state index in [0.717, 1.165) is 0 Å². The minimum atomic E-state index is -1.07. The van der Waals surface area contributed by atoms with Gasteiger partial charge < -0.3 is 9.67 Å². The van der Waals surface area contributed by atoms with Crippen LogP contribution in [0.2, 0.25) is 0 Å². The summed E-state index contributed by atoms with van der Waals surface area (Å²) in [5.41, 5.74) is 0.539. The van der Waals surface area contributed by atoms with E-state index in [-0.39, 0.29) is 17.9 Å². The number of hydrogen-bond donors (Lipinski definition) is 1. The molecule has 0 atom stereocenters. The highest BCUT2D eigenvalue weighted by Crippen LogP contribution is 2.15. The van der Waals surface area contributed by atoms with E-state index in [1.807, 2.05) is 0 Å². The van der Waals surface area contributed by atoms with Gasteiger partial charge in [-0.25, -0.2) is 9.78 Å². The maximum absolute atomic E-state index is 11.1. The van der Waals surface area contributed by atoms with Crippen LogP contribution >= 0.6 is 0 Å². The Bertz CT molecular complexity index is 381. The largest absolute Gasteiger partial charge is 0.476 e. The molecule has 1 aliphatic heterocycles. The molecule has 0 aromatic carbocycles. The van der Waals surface area contributed by atoms with E-state index in [9.17, 15) is 9.59 Å². The molecule has 2 rings (SSSR count). The maximum atomic E-state index is 11.1. The Kier molecular flexibility index (Phi) is 1.65. The van der Waals surface area contributed by atoms with Crippen molar-refractivity contribution in [2.75, 3.05) is 0 Å². The van der Waals surface area contributed by atoms with Crippen LogP contribution in [0.3, 0.4) is 0 Å². The number of ketones is 1. The monoisotopic (exact) mass is 180 g/mol. The van der Waals surface area contributed by atoms with E-state index < -0.39 is 5.97 Å². The number of carboxylic acids is 1. The molecule has 0 amide bonds. The van der Waals surface area contributed by atoms with Crippen molar-refractivity contribution in [3.05, 3.63) is 17.7 Å². The second kappa shape index (κ2) is 2.69. The Balaban J connectivity index is 2.46. The number of nitrogens with zero attached hydrogens (tertiary/aromatic N) is 2. The molecule has 0 bridgehead atoms. The van der Waals surface area contributed by atoms with Gasteiger partial charge in [-0.1, -0.05) is 0 Å². The number of aromatic carboxylic acids is 1. The molecule has 0 aliphatic carbocycles. The van der Waals surface area contributed by atoms with Crippen molar-refractivity contribution in [2.24, 2.45) is 0 Å². The molecule has 68 valence electrons. The molecule has 0 spiro atoms. The van der Waals surface area contributed by atoms with E-state index in [2.05, 4.69) is 4.98 Å².